The van der Waals surface area contributed by atoms with Crippen LogP contribution in [0.25, 0.3) is 0 Å². The van der Waals surface area contributed by atoms with Crippen LogP contribution in [0.15, 0.2) is 11.1 Å². The van der Waals surface area contributed by atoms with Crippen LogP contribution in [0.3, 0.4) is 0 Å². The molecular weight excluding hydrogens is 443 g/mol. The van der Waals surface area contributed by atoms with Gasteiger partial charge in [-0.2, -0.15) is 5.10 Å². The summed E-state index contributed by atoms with van der Waals surface area (Å²) in [5.74, 6) is 0.751. The van der Waals surface area contributed by atoms with Gasteiger partial charge in [-0.15, -0.1) is 24.0 Å². The normalized spacial score (nSPS) is 11.9. The number of halogens is 1. The summed E-state index contributed by atoms with van der Waals surface area (Å²) < 4.78 is 27.1. The largest absolute Gasteiger partial charge is 0.356 e. The van der Waals surface area contributed by atoms with E-state index in [1.165, 1.54) is 0 Å². The fourth-order valence-corrected chi connectivity index (χ4v) is 2.66. The maximum Gasteiger partial charge on any atom is 0.211 e. The second-order valence-electron chi connectivity index (χ2n) is 5.23. The number of hydrogen-bond acceptors (Lipinski definition) is 4. The molecule has 24 heavy (non-hydrogen) atoms. The average Bonchev–Trinajstić information content (AvgIpc) is 2.83. The maximum absolute atomic E-state index is 11.3. The minimum atomic E-state index is -3.14. The topological polar surface area (TPSA) is 100 Å². The predicted octanol–water partition coefficient (Wildman–Crippen LogP) is 0.612. The third-order valence-corrected chi connectivity index (χ3v) is 4.69. The van der Waals surface area contributed by atoms with Crippen LogP contribution in [0.5, 0.6) is 0 Å². The lowest BCUT2D eigenvalue weighted by Gasteiger charge is -2.12. The van der Waals surface area contributed by atoms with E-state index >= 15 is 0 Å². The lowest BCUT2D eigenvalue weighted by Crippen LogP contribution is -2.42. The van der Waals surface area contributed by atoms with Gasteiger partial charge >= 0.3 is 0 Å². The van der Waals surface area contributed by atoms with Crippen molar-refractivity contribution >= 4 is 40.0 Å². The van der Waals surface area contributed by atoms with Gasteiger partial charge in [-0.25, -0.2) is 13.1 Å². The molecule has 0 saturated heterocycles. The molecule has 3 N–H and O–H groups in total. The highest BCUT2D eigenvalue weighted by molar-refractivity contribution is 14.0. The summed E-state index contributed by atoms with van der Waals surface area (Å²) in [6.07, 6.45) is 0.922. The maximum atomic E-state index is 11.3. The van der Waals surface area contributed by atoms with Gasteiger partial charge < -0.3 is 10.6 Å². The average molecular weight is 472 g/mol. The molecule has 1 rings (SSSR count). The number of hydrogen-bond donors (Lipinski definition) is 3. The van der Waals surface area contributed by atoms with Crippen LogP contribution in [0, 0.1) is 13.8 Å². The number of nitrogens with one attached hydrogen (secondary N) is 3. The summed E-state index contributed by atoms with van der Waals surface area (Å²) in [7, 11) is -1.45. The molecule has 0 atom stereocenters. The Morgan fingerprint density at radius 3 is 2.46 bits per heavy atom. The summed E-state index contributed by atoms with van der Waals surface area (Å²) in [5, 5.41) is 10.7. The minimum absolute atomic E-state index is 0. The number of sulfonamides is 1. The van der Waals surface area contributed by atoms with Crippen molar-refractivity contribution in [3.63, 3.8) is 0 Å². The quantitative estimate of drug-likeness (QED) is 0.212. The Morgan fingerprint density at radius 1 is 1.25 bits per heavy atom. The number of aryl methyl sites for hydroxylation is 3. The second-order valence-corrected chi connectivity index (χ2v) is 7.32. The van der Waals surface area contributed by atoms with Crippen molar-refractivity contribution < 1.29 is 8.42 Å². The Morgan fingerprint density at radius 2 is 1.92 bits per heavy atom. The Kier molecular flexibility index (Phi) is 11.2. The Labute approximate surface area is 162 Å². The van der Waals surface area contributed by atoms with E-state index in [-0.39, 0.29) is 29.7 Å². The van der Waals surface area contributed by atoms with Crippen molar-refractivity contribution in [2.75, 3.05) is 32.4 Å². The molecule has 1 heterocycles. The van der Waals surface area contributed by atoms with Crippen LogP contribution in [-0.4, -0.2) is 56.6 Å². The molecule has 0 aromatic carbocycles. The van der Waals surface area contributed by atoms with E-state index in [0.717, 1.165) is 30.9 Å². The molecule has 1 aromatic rings. The fraction of sp³-hybridized carbons (Fsp3) is 0.714. The number of aromatic nitrogens is 2. The first-order valence-electron chi connectivity index (χ1n) is 7.81. The van der Waals surface area contributed by atoms with Crippen LogP contribution in [0.1, 0.15) is 24.7 Å². The second kappa shape index (κ2) is 11.6. The van der Waals surface area contributed by atoms with E-state index in [1.54, 1.807) is 14.0 Å². The molecule has 0 aliphatic carbocycles. The first kappa shape index (κ1) is 23.1. The van der Waals surface area contributed by atoms with E-state index in [1.807, 2.05) is 18.5 Å². The van der Waals surface area contributed by atoms with E-state index in [4.69, 9.17) is 0 Å². The van der Waals surface area contributed by atoms with Crippen molar-refractivity contribution in [1.82, 2.24) is 25.1 Å². The van der Waals surface area contributed by atoms with Crippen LogP contribution in [0.4, 0.5) is 0 Å². The van der Waals surface area contributed by atoms with Gasteiger partial charge in [-0.3, -0.25) is 9.67 Å². The molecule has 0 bridgehead atoms. The molecule has 0 radical (unpaired) electrons. The van der Waals surface area contributed by atoms with Gasteiger partial charge in [-0.1, -0.05) is 0 Å². The van der Waals surface area contributed by atoms with Crippen LogP contribution < -0.4 is 15.4 Å². The van der Waals surface area contributed by atoms with Gasteiger partial charge in [0.25, 0.3) is 0 Å². The fourth-order valence-electron chi connectivity index (χ4n) is 2.05. The van der Waals surface area contributed by atoms with Crippen LogP contribution in [-0.2, 0) is 16.6 Å². The smallest absolute Gasteiger partial charge is 0.211 e. The van der Waals surface area contributed by atoms with Crippen molar-refractivity contribution in [1.29, 1.82) is 0 Å². The van der Waals surface area contributed by atoms with Gasteiger partial charge in [0.2, 0.25) is 10.0 Å². The number of rotatable bonds is 9. The van der Waals surface area contributed by atoms with E-state index in [0.29, 0.717) is 19.0 Å². The lowest BCUT2D eigenvalue weighted by molar-refractivity contribution is 0.555. The van der Waals surface area contributed by atoms with E-state index < -0.39 is 10.0 Å². The molecule has 0 aliphatic heterocycles. The van der Waals surface area contributed by atoms with Gasteiger partial charge in [-0.05, 0) is 33.3 Å². The zero-order valence-electron chi connectivity index (χ0n) is 14.8. The third kappa shape index (κ3) is 8.83. The Hall–Kier alpha value is -0.880. The highest BCUT2D eigenvalue weighted by atomic mass is 127. The SMILES string of the molecule is CCS(=O)(=O)NCCNC(=NC)NCCCn1nc(C)cc1C.I. The van der Waals surface area contributed by atoms with Crippen molar-refractivity contribution in [3.8, 4) is 0 Å². The molecule has 0 aliphatic rings. The highest BCUT2D eigenvalue weighted by Gasteiger charge is 2.05. The zero-order chi connectivity index (χ0) is 17.3. The molecule has 0 spiro atoms. The molecule has 140 valence electrons. The lowest BCUT2D eigenvalue weighted by atomic mass is 10.4. The first-order valence-corrected chi connectivity index (χ1v) is 9.46. The predicted molar refractivity (Wildman–Crippen MR) is 109 cm³/mol. The summed E-state index contributed by atoms with van der Waals surface area (Å²) >= 11 is 0. The van der Waals surface area contributed by atoms with Gasteiger partial charge in [0.05, 0.1) is 11.4 Å². The summed E-state index contributed by atoms with van der Waals surface area (Å²) in [5.41, 5.74) is 2.19. The Balaban J connectivity index is 0.00000529. The number of aliphatic imine (C=N–C) groups is 1. The van der Waals surface area contributed by atoms with Gasteiger partial charge in [0.1, 0.15) is 0 Å². The van der Waals surface area contributed by atoms with Gasteiger partial charge in [0, 0.05) is 38.9 Å². The molecule has 8 nitrogen and oxygen atoms in total. The molecule has 10 heteroatoms. The van der Waals surface area contributed by atoms with E-state index in [9.17, 15) is 8.42 Å². The molecule has 0 fully saturated rings. The summed E-state index contributed by atoms with van der Waals surface area (Å²) in [6, 6.07) is 2.06. The highest BCUT2D eigenvalue weighted by Crippen LogP contribution is 2.02. The number of guanidine groups is 1. The van der Waals surface area contributed by atoms with Gasteiger partial charge in [0.15, 0.2) is 5.96 Å². The zero-order valence-corrected chi connectivity index (χ0v) is 17.9. The van der Waals surface area contributed by atoms with Crippen LogP contribution >= 0.6 is 24.0 Å². The summed E-state index contributed by atoms with van der Waals surface area (Å²) in [4.78, 5) is 4.10. The monoisotopic (exact) mass is 472 g/mol. The van der Waals surface area contributed by atoms with E-state index in [2.05, 4.69) is 31.5 Å². The molecule has 1 aromatic heterocycles. The Bertz CT molecular complexity index is 615. The third-order valence-electron chi connectivity index (χ3n) is 3.29. The minimum Gasteiger partial charge on any atom is -0.356 e. The summed E-state index contributed by atoms with van der Waals surface area (Å²) in [6.45, 7) is 8.07. The van der Waals surface area contributed by atoms with Crippen molar-refractivity contribution in [2.45, 2.75) is 33.7 Å². The molecule has 0 amide bonds. The van der Waals surface area contributed by atoms with Crippen molar-refractivity contribution in [3.05, 3.63) is 17.5 Å². The number of nitrogens with zero attached hydrogens (tertiary/aromatic N) is 3. The molecular formula is C14H29IN6O2S. The van der Waals surface area contributed by atoms with Crippen LogP contribution in [0.2, 0.25) is 0 Å². The standard InChI is InChI=1S/C14H28N6O2S.HI/c1-5-23(21,22)18-9-8-17-14(15-4)16-7-6-10-20-13(3)11-12(2)19-20;/h11,18H,5-10H2,1-4H3,(H2,15,16,17);1H. The molecule has 0 saturated carbocycles. The van der Waals surface area contributed by atoms with Crippen molar-refractivity contribution in [2.24, 2.45) is 4.99 Å². The molecule has 0 unspecified atom stereocenters. The first-order chi connectivity index (χ1) is 10.9.